The van der Waals surface area contributed by atoms with Crippen LogP contribution in [0.3, 0.4) is 0 Å². The fourth-order valence-electron chi connectivity index (χ4n) is 3.53. The molecular formula is C17H23N3OS. The number of thiazole rings is 1. The average Bonchev–Trinajstić information content (AvgIpc) is 3.00. The van der Waals surface area contributed by atoms with E-state index in [4.69, 9.17) is 9.72 Å². The summed E-state index contributed by atoms with van der Waals surface area (Å²) in [4.78, 5) is 7.46. The first-order valence-electron chi connectivity index (χ1n) is 8.28. The number of hydrogen-bond acceptors (Lipinski definition) is 5. The van der Waals surface area contributed by atoms with Crippen molar-refractivity contribution in [3.8, 4) is 0 Å². The highest BCUT2D eigenvalue weighted by Crippen LogP contribution is 2.32. The maximum absolute atomic E-state index is 5.76. The van der Waals surface area contributed by atoms with Crippen molar-refractivity contribution in [2.45, 2.75) is 18.9 Å². The molecule has 1 aromatic carbocycles. The minimum absolute atomic E-state index is 0.327. The highest BCUT2D eigenvalue weighted by atomic mass is 32.1. The summed E-state index contributed by atoms with van der Waals surface area (Å²) in [5.74, 6) is 0.767. The molecule has 3 heterocycles. The fourth-order valence-corrected chi connectivity index (χ4v) is 4.62. The normalized spacial score (nSPS) is 27.3. The second-order valence-corrected chi connectivity index (χ2v) is 7.38. The van der Waals surface area contributed by atoms with Gasteiger partial charge in [0.2, 0.25) is 0 Å². The van der Waals surface area contributed by atoms with Crippen LogP contribution in [-0.4, -0.2) is 49.3 Å². The lowest BCUT2D eigenvalue weighted by atomic mass is 9.98. The number of morpholine rings is 1. The molecule has 0 aliphatic carbocycles. The van der Waals surface area contributed by atoms with Crippen molar-refractivity contribution < 1.29 is 4.74 Å². The van der Waals surface area contributed by atoms with E-state index in [2.05, 4.69) is 34.5 Å². The minimum atomic E-state index is 0.327. The average molecular weight is 317 g/mol. The van der Waals surface area contributed by atoms with Gasteiger partial charge in [0.25, 0.3) is 0 Å². The third-order valence-electron chi connectivity index (χ3n) is 4.73. The summed E-state index contributed by atoms with van der Waals surface area (Å²) in [6.07, 6.45) is 2.65. The number of ether oxygens (including phenoxy) is 1. The van der Waals surface area contributed by atoms with E-state index in [-0.39, 0.29) is 0 Å². The number of aromatic nitrogens is 1. The van der Waals surface area contributed by atoms with Crippen LogP contribution in [-0.2, 0) is 4.74 Å². The first-order chi connectivity index (χ1) is 10.9. The predicted octanol–water partition coefficient (Wildman–Crippen LogP) is 2.67. The van der Waals surface area contributed by atoms with Gasteiger partial charge in [-0.15, -0.1) is 11.3 Å². The Morgan fingerprint density at radius 2 is 2.32 bits per heavy atom. The van der Waals surface area contributed by atoms with Crippen LogP contribution in [0, 0.1) is 5.92 Å². The van der Waals surface area contributed by atoms with Gasteiger partial charge >= 0.3 is 0 Å². The van der Waals surface area contributed by atoms with Crippen LogP contribution in [0.25, 0.3) is 10.2 Å². The van der Waals surface area contributed by atoms with E-state index >= 15 is 0 Å². The molecule has 5 heteroatoms. The van der Waals surface area contributed by atoms with Gasteiger partial charge in [-0.3, -0.25) is 4.90 Å². The van der Waals surface area contributed by atoms with Crippen molar-refractivity contribution >= 4 is 21.6 Å². The summed E-state index contributed by atoms with van der Waals surface area (Å²) in [6.45, 7) is 6.15. The lowest BCUT2D eigenvalue weighted by molar-refractivity contribution is -0.0168. The topological polar surface area (TPSA) is 37.4 Å². The van der Waals surface area contributed by atoms with Crippen molar-refractivity contribution in [3.05, 3.63) is 29.3 Å². The van der Waals surface area contributed by atoms with Crippen LogP contribution in [0.15, 0.2) is 24.3 Å². The zero-order valence-electron chi connectivity index (χ0n) is 12.8. The van der Waals surface area contributed by atoms with Crippen LogP contribution < -0.4 is 5.32 Å². The van der Waals surface area contributed by atoms with E-state index < -0.39 is 0 Å². The monoisotopic (exact) mass is 317 g/mol. The molecule has 0 radical (unpaired) electrons. The van der Waals surface area contributed by atoms with Gasteiger partial charge < -0.3 is 10.1 Å². The maximum atomic E-state index is 5.76. The third kappa shape index (κ3) is 3.04. The Kier molecular flexibility index (Phi) is 4.39. The van der Waals surface area contributed by atoms with E-state index in [0.717, 1.165) is 44.3 Å². The van der Waals surface area contributed by atoms with Crippen LogP contribution in [0.4, 0.5) is 0 Å². The zero-order chi connectivity index (χ0) is 14.8. The second kappa shape index (κ2) is 6.62. The zero-order valence-corrected chi connectivity index (χ0v) is 13.6. The number of benzene rings is 1. The highest BCUT2D eigenvalue weighted by molar-refractivity contribution is 7.18. The molecule has 2 saturated heterocycles. The van der Waals surface area contributed by atoms with Crippen LogP contribution in [0.1, 0.15) is 23.9 Å². The Hall–Kier alpha value is -1.01. The Balaban J connectivity index is 1.54. The van der Waals surface area contributed by atoms with Gasteiger partial charge in [-0.1, -0.05) is 12.1 Å². The summed E-state index contributed by atoms with van der Waals surface area (Å²) < 4.78 is 7.04. The number of para-hydroxylation sites is 1. The highest BCUT2D eigenvalue weighted by Gasteiger charge is 2.29. The Morgan fingerprint density at radius 1 is 1.36 bits per heavy atom. The largest absolute Gasteiger partial charge is 0.378 e. The quantitative estimate of drug-likeness (QED) is 0.944. The molecule has 4 rings (SSSR count). The van der Waals surface area contributed by atoms with E-state index in [1.165, 1.54) is 29.1 Å². The van der Waals surface area contributed by atoms with Crippen LogP contribution in [0.2, 0.25) is 0 Å². The molecular weight excluding hydrogens is 294 g/mol. The third-order valence-corrected chi connectivity index (χ3v) is 5.86. The molecule has 2 unspecified atom stereocenters. The lowest BCUT2D eigenvalue weighted by Crippen LogP contribution is -2.45. The van der Waals surface area contributed by atoms with E-state index in [1.54, 1.807) is 0 Å². The van der Waals surface area contributed by atoms with Crippen molar-refractivity contribution in [2.75, 3.05) is 39.4 Å². The van der Waals surface area contributed by atoms with Crippen molar-refractivity contribution in [3.63, 3.8) is 0 Å². The summed E-state index contributed by atoms with van der Waals surface area (Å²) >= 11 is 1.82. The lowest BCUT2D eigenvalue weighted by Gasteiger charge is -2.37. The van der Waals surface area contributed by atoms with Gasteiger partial charge in [0.05, 0.1) is 29.5 Å². The fraction of sp³-hybridized carbons (Fsp3) is 0.588. The Morgan fingerprint density at radius 3 is 3.18 bits per heavy atom. The van der Waals surface area contributed by atoms with E-state index in [0.29, 0.717) is 6.04 Å². The van der Waals surface area contributed by atoms with Gasteiger partial charge in [-0.2, -0.15) is 0 Å². The Labute approximate surface area is 135 Å². The van der Waals surface area contributed by atoms with Crippen LogP contribution in [0.5, 0.6) is 0 Å². The van der Waals surface area contributed by atoms with Gasteiger partial charge in [0.15, 0.2) is 0 Å². The Bertz CT molecular complexity index is 590. The summed E-state index contributed by atoms with van der Waals surface area (Å²) in [5, 5.41) is 4.74. The van der Waals surface area contributed by atoms with Gasteiger partial charge in [-0.25, -0.2) is 4.98 Å². The summed E-state index contributed by atoms with van der Waals surface area (Å²) in [6, 6.07) is 8.75. The maximum Gasteiger partial charge on any atom is 0.113 e. The molecule has 0 bridgehead atoms. The standard InChI is InChI=1S/C17H23N3OS/c1-2-6-16-14(5-1)19-17(22-16)15-12-21-9-8-20(15)11-13-4-3-7-18-10-13/h1-2,5-6,13,15,18H,3-4,7-12H2. The van der Waals surface area contributed by atoms with Gasteiger partial charge in [-0.05, 0) is 44.0 Å². The molecule has 2 aliphatic heterocycles. The molecule has 2 atom stereocenters. The second-order valence-electron chi connectivity index (χ2n) is 6.32. The number of nitrogens with one attached hydrogen (secondary N) is 1. The molecule has 118 valence electrons. The van der Waals surface area contributed by atoms with E-state index in [1.807, 2.05) is 11.3 Å². The van der Waals surface area contributed by atoms with Crippen molar-refractivity contribution in [1.29, 1.82) is 0 Å². The first kappa shape index (κ1) is 14.6. The summed E-state index contributed by atoms with van der Waals surface area (Å²) in [7, 11) is 0. The number of hydrogen-bond donors (Lipinski definition) is 1. The van der Waals surface area contributed by atoms with Gasteiger partial charge in [0, 0.05) is 13.1 Å². The molecule has 1 aromatic heterocycles. The molecule has 22 heavy (non-hydrogen) atoms. The summed E-state index contributed by atoms with van der Waals surface area (Å²) in [5.41, 5.74) is 1.12. The molecule has 0 saturated carbocycles. The molecule has 2 fully saturated rings. The smallest absolute Gasteiger partial charge is 0.113 e. The molecule has 0 spiro atoms. The van der Waals surface area contributed by atoms with Crippen molar-refractivity contribution in [1.82, 2.24) is 15.2 Å². The van der Waals surface area contributed by atoms with E-state index in [9.17, 15) is 0 Å². The number of nitrogens with zero attached hydrogens (tertiary/aromatic N) is 2. The number of piperidine rings is 1. The minimum Gasteiger partial charge on any atom is -0.378 e. The molecule has 4 nitrogen and oxygen atoms in total. The SMILES string of the molecule is c1ccc2sc(C3COCCN3CC3CCCNC3)nc2c1. The van der Waals surface area contributed by atoms with Crippen LogP contribution >= 0.6 is 11.3 Å². The number of rotatable bonds is 3. The molecule has 2 aliphatic rings. The number of fused-ring (bicyclic) bond motifs is 1. The van der Waals surface area contributed by atoms with Crippen molar-refractivity contribution in [2.24, 2.45) is 5.92 Å². The molecule has 1 N–H and O–H groups in total. The molecule has 0 amide bonds. The first-order valence-corrected chi connectivity index (χ1v) is 9.10. The van der Waals surface area contributed by atoms with Gasteiger partial charge in [0.1, 0.15) is 5.01 Å². The predicted molar refractivity (Wildman–Crippen MR) is 90.3 cm³/mol. The molecule has 2 aromatic rings.